The van der Waals surface area contributed by atoms with Crippen LogP contribution in [-0.4, -0.2) is 19.6 Å². The molecule has 0 bridgehead atoms. The monoisotopic (exact) mass is 253 g/mol. The van der Waals surface area contributed by atoms with Gasteiger partial charge in [0.05, 0.1) is 5.69 Å². The Balaban J connectivity index is 2.44. The fourth-order valence-corrected chi connectivity index (χ4v) is 2.16. The molecule has 3 rings (SSSR count). The van der Waals surface area contributed by atoms with Crippen molar-refractivity contribution in [1.29, 1.82) is 5.26 Å². The van der Waals surface area contributed by atoms with E-state index in [0.29, 0.717) is 28.9 Å². The van der Waals surface area contributed by atoms with E-state index in [1.807, 2.05) is 19.1 Å². The summed E-state index contributed by atoms with van der Waals surface area (Å²) >= 11 is 0. The van der Waals surface area contributed by atoms with E-state index in [4.69, 9.17) is 5.26 Å². The Morgan fingerprint density at radius 2 is 2.32 bits per heavy atom. The van der Waals surface area contributed by atoms with E-state index in [1.54, 1.807) is 12.4 Å². The second-order valence-corrected chi connectivity index (χ2v) is 4.16. The van der Waals surface area contributed by atoms with Gasteiger partial charge >= 0.3 is 0 Å². The number of aromatic amines is 2. The smallest absolute Gasteiger partial charge is 0.276 e. The van der Waals surface area contributed by atoms with Gasteiger partial charge in [-0.05, 0) is 12.5 Å². The maximum atomic E-state index is 12.4. The summed E-state index contributed by atoms with van der Waals surface area (Å²) in [6.45, 7) is 1.91. The predicted molar refractivity (Wildman–Crippen MR) is 69.7 cm³/mol. The third-order valence-electron chi connectivity index (χ3n) is 3.10. The van der Waals surface area contributed by atoms with Gasteiger partial charge in [-0.15, -0.1) is 0 Å². The zero-order valence-corrected chi connectivity index (χ0v) is 10.3. The quantitative estimate of drug-likeness (QED) is 0.724. The number of H-pyrrole nitrogens is 2. The third-order valence-corrected chi connectivity index (χ3v) is 3.10. The second kappa shape index (κ2) is 4.14. The lowest BCUT2D eigenvalue weighted by Crippen LogP contribution is -2.21. The van der Waals surface area contributed by atoms with Crippen LogP contribution < -0.4 is 5.56 Å². The summed E-state index contributed by atoms with van der Waals surface area (Å²) in [7, 11) is 0. The maximum Gasteiger partial charge on any atom is 0.276 e. The van der Waals surface area contributed by atoms with E-state index in [9.17, 15) is 4.79 Å². The van der Waals surface area contributed by atoms with Crippen LogP contribution in [0.25, 0.3) is 16.9 Å². The van der Waals surface area contributed by atoms with Crippen LogP contribution in [0.3, 0.4) is 0 Å². The van der Waals surface area contributed by atoms with E-state index in [-0.39, 0.29) is 5.56 Å². The molecule has 6 nitrogen and oxygen atoms in total. The van der Waals surface area contributed by atoms with Crippen molar-refractivity contribution < 1.29 is 0 Å². The van der Waals surface area contributed by atoms with Crippen LogP contribution in [0.5, 0.6) is 0 Å². The Morgan fingerprint density at radius 1 is 1.47 bits per heavy atom. The van der Waals surface area contributed by atoms with Crippen molar-refractivity contribution in [1.82, 2.24) is 19.6 Å². The van der Waals surface area contributed by atoms with Gasteiger partial charge < -0.3 is 4.98 Å². The zero-order chi connectivity index (χ0) is 13.4. The molecule has 0 saturated carbocycles. The van der Waals surface area contributed by atoms with Crippen molar-refractivity contribution in [2.24, 2.45) is 0 Å². The first-order valence-electron chi connectivity index (χ1n) is 5.92. The standard InChI is InChI=1S/C13H11N5O/c1-2-10-11(8-3-4-15-6-8)17-12-9(5-14)7-16-18(12)13(10)19/h3-4,6-7,15-16H,2H2,1H3. The molecular weight excluding hydrogens is 242 g/mol. The Hall–Kier alpha value is -2.81. The summed E-state index contributed by atoms with van der Waals surface area (Å²) in [6, 6.07) is 3.88. The van der Waals surface area contributed by atoms with Gasteiger partial charge in [0.25, 0.3) is 5.56 Å². The molecule has 0 radical (unpaired) electrons. The summed E-state index contributed by atoms with van der Waals surface area (Å²) in [6.07, 6.45) is 5.64. The minimum atomic E-state index is -0.162. The van der Waals surface area contributed by atoms with Crippen LogP contribution in [0.2, 0.25) is 0 Å². The molecule has 0 aromatic carbocycles. The van der Waals surface area contributed by atoms with E-state index >= 15 is 0 Å². The Kier molecular flexibility index (Phi) is 2.46. The number of hydrogen-bond acceptors (Lipinski definition) is 3. The fraction of sp³-hybridized carbons (Fsp3) is 0.154. The van der Waals surface area contributed by atoms with Gasteiger partial charge in [0.1, 0.15) is 11.6 Å². The minimum absolute atomic E-state index is 0.162. The highest BCUT2D eigenvalue weighted by molar-refractivity contribution is 5.67. The molecule has 0 saturated heterocycles. The zero-order valence-electron chi connectivity index (χ0n) is 10.3. The lowest BCUT2D eigenvalue weighted by atomic mass is 10.1. The first kappa shape index (κ1) is 11.3. The maximum absolute atomic E-state index is 12.4. The molecule has 94 valence electrons. The summed E-state index contributed by atoms with van der Waals surface area (Å²) in [5.41, 5.74) is 2.66. The lowest BCUT2D eigenvalue weighted by Gasteiger charge is -2.05. The number of hydrogen-bond donors (Lipinski definition) is 2. The molecule has 0 atom stereocenters. The van der Waals surface area contributed by atoms with Crippen LogP contribution in [0, 0.1) is 11.3 Å². The summed E-state index contributed by atoms with van der Waals surface area (Å²) in [5.74, 6) is 0. The van der Waals surface area contributed by atoms with Crippen molar-refractivity contribution in [2.75, 3.05) is 0 Å². The molecule has 0 aliphatic carbocycles. The van der Waals surface area contributed by atoms with Crippen molar-refractivity contribution in [3.8, 4) is 17.3 Å². The molecule has 0 unspecified atom stereocenters. The average molecular weight is 253 g/mol. The molecular formula is C13H11N5O. The molecule has 0 aliphatic rings. The minimum Gasteiger partial charge on any atom is -0.367 e. The Morgan fingerprint density at radius 3 is 2.95 bits per heavy atom. The fourth-order valence-electron chi connectivity index (χ4n) is 2.16. The molecule has 0 fully saturated rings. The molecule has 3 heterocycles. The molecule has 2 N–H and O–H groups in total. The van der Waals surface area contributed by atoms with Crippen LogP contribution >= 0.6 is 0 Å². The Bertz CT molecular complexity index is 832. The van der Waals surface area contributed by atoms with Gasteiger partial charge in [0.15, 0.2) is 5.65 Å². The van der Waals surface area contributed by atoms with Gasteiger partial charge in [0.2, 0.25) is 0 Å². The third kappa shape index (κ3) is 1.56. The summed E-state index contributed by atoms with van der Waals surface area (Å²) in [5, 5.41) is 11.8. The first-order chi connectivity index (χ1) is 9.26. The van der Waals surface area contributed by atoms with Gasteiger partial charge in [0, 0.05) is 29.7 Å². The van der Waals surface area contributed by atoms with Crippen molar-refractivity contribution in [2.45, 2.75) is 13.3 Å². The molecule has 0 aliphatic heterocycles. The number of aromatic nitrogens is 4. The van der Waals surface area contributed by atoms with E-state index in [0.717, 1.165) is 5.56 Å². The molecule has 0 spiro atoms. The van der Waals surface area contributed by atoms with Gasteiger partial charge in [-0.2, -0.15) is 5.26 Å². The van der Waals surface area contributed by atoms with E-state index in [2.05, 4.69) is 15.1 Å². The van der Waals surface area contributed by atoms with Crippen LogP contribution in [-0.2, 0) is 6.42 Å². The lowest BCUT2D eigenvalue weighted by molar-refractivity contribution is 0.870. The number of fused-ring (bicyclic) bond motifs is 1. The Labute approximate surface area is 108 Å². The topological polar surface area (TPSA) is 89.7 Å². The van der Waals surface area contributed by atoms with Crippen molar-refractivity contribution in [3.05, 3.63) is 46.1 Å². The molecule has 6 heteroatoms. The number of rotatable bonds is 2. The average Bonchev–Trinajstić information content (AvgIpc) is 3.07. The highest BCUT2D eigenvalue weighted by Gasteiger charge is 2.16. The SMILES string of the molecule is CCc1c(-c2cc[nH]c2)nc2c(C#N)c[nH]n2c1=O. The van der Waals surface area contributed by atoms with E-state index < -0.39 is 0 Å². The second-order valence-electron chi connectivity index (χ2n) is 4.16. The molecule has 0 amide bonds. The largest absolute Gasteiger partial charge is 0.367 e. The van der Waals surface area contributed by atoms with Crippen LogP contribution in [0.1, 0.15) is 18.1 Å². The normalized spacial score (nSPS) is 10.7. The summed E-state index contributed by atoms with van der Waals surface area (Å²) < 4.78 is 1.31. The predicted octanol–water partition coefficient (Wildman–Crippen LogP) is 1.45. The highest BCUT2D eigenvalue weighted by Crippen LogP contribution is 2.20. The number of nitrogens with one attached hydrogen (secondary N) is 2. The van der Waals surface area contributed by atoms with E-state index in [1.165, 1.54) is 10.7 Å². The summed E-state index contributed by atoms with van der Waals surface area (Å²) in [4.78, 5) is 19.8. The van der Waals surface area contributed by atoms with Crippen molar-refractivity contribution >= 4 is 5.65 Å². The van der Waals surface area contributed by atoms with Crippen LogP contribution in [0.15, 0.2) is 29.5 Å². The van der Waals surface area contributed by atoms with Crippen LogP contribution in [0.4, 0.5) is 0 Å². The van der Waals surface area contributed by atoms with Gasteiger partial charge in [-0.3, -0.25) is 9.89 Å². The van der Waals surface area contributed by atoms with Gasteiger partial charge in [-0.1, -0.05) is 6.92 Å². The van der Waals surface area contributed by atoms with Crippen molar-refractivity contribution in [3.63, 3.8) is 0 Å². The molecule has 3 aromatic heterocycles. The number of nitriles is 1. The van der Waals surface area contributed by atoms with Gasteiger partial charge in [-0.25, -0.2) is 9.50 Å². The highest BCUT2D eigenvalue weighted by atomic mass is 16.1. The molecule has 19 heavy (non-hydrogen) atoms. The molecule has 3 aromatic rings. The number of nitrogens with zero attached hydrogens (tertiary/aromatic N) is 3. The first-order valence-corrected chi connectivity index (χ1v) is 5.92.